The SMILES string of the molecule is CCNC(=NCCc1cccs1)NC1CCN(c2cc(OC)cc(OC)c2)C1. The molecule has 28 heavy (non-hydrogen) atoms. The zero-order valence-electron chi connectivity index (χ0n) is 16.9. The summed E-state index contributed by atoms with van der Waals surface area (Å²) in [5, 5.41) is 9.07. The average molecular weight is 403 g/mol. The van der Waals surface area contributed by atoms with E-state index in [0.717, 1.165) is 62.2 Å². The summed E-state index contributed by atoms with van der Waals surface area (Å²) >= 11 is 1.79. The van der Waals surface area contributed by atoms with Crippen LogP contribution < -0.4 is 25.0 Å². The molecule has 2 heterocycles. The zero-order valence-corrected chi connectivity index (χ0v) is 17.7. The van der Waals surface area contributed by atoms with Gasteiger partial charge in [0.25, 0.3) is 0 Å². The third-order valence-electron chi connectivity index (χ3n) is 4.78. The van der Waals surface area contributed by atoms with Crippen LogP contribution in [0.3, 0.4) is 0 Å². The van der Waals surface area contributed by atoms with Gasteiger partial charge in [-0.3, -0.25) is 4.99 Å². The number of hydrogen-bond donors (Lipinski definition) is 2. The second kappa shape index (κ2) is 10.2. The van der Waals surface area contributed by atoms with E-state index in [9.17, 15) is 0 Å². The van der Waals surface area contributed by atoms with E-state index in [-0.39, 0.29) is 0 Å². The maximum atomic E-state index is 5.40. The van der Waals surface area contributed by atoms with Crippen LogP contribution in [-0.2, 0) is 6.42 Å². The first kappa shape index (κ1) is 20.3. The van der Waals surface area contributed by atoms with Gasteiger partial charge in [-0.05, 0) is 24.8 Å². The molecule has 0 aliphatic carbocycles. The summed E-state index contributed by atoms with van der Waals surface area (Å²) < 4.78 is 10.8. The summed E-state index contributed by atoms with van der Waals surface area (Å²) in [6.07, 6.45) is 2.05. The molecule has 0 spiro atoms. The second-order valence-corrected chi connectivity index (χ2v) is 7.77. The zero-order chi connectivity index (χ0) is 19.8. The Labute approximate surface area is 171 Å². The summed E-state index contributed by atoms with van der Waals surface area (Å²) in [4.78, 5) is 8.48. The summed E-state index contributed by atoms with van der Waals surface area (Å²) in [6.45, 7) is 5.65. The Morgan fingerprint density at radius 2 is 2.04 bits per heavy atom. The lowest BCUT2D eigenvalue weighted by atomic mass is 10.2. The lowest BCUT2D eigenvalue weighted by Gasteiger charge is -2.21. The van der Waals surface area contributed by atoms with Gasteiger partial charge in [-0.25, -0.2) is 0 Å². The van der Waals surface area contributed by atoms with E-state index in [1.54, 1.807) is 25.6 Å². The van der Waals surface area contributed by atoms with Crippen LogP contribution in [-0.4, -0.2) is 52.4 Å². The Morgan fingerprint density at radius 3 is 2.68 bits per heavy atom. The number of nitrogens with one attached hydrogen (secondary N) is 2. The van der Waals surface area contributed by atoms with E-state index < -0.39 is 0 Å². The van der Waals surface area contributed by atoms with Gasteiger partial charge in [-0.15, -0.1) is 11.3 Å². The molecule has 2 N–H and O–H groups in total. The Bertz CT molecular complexity index is 742. The molecule has 0 radical (unpaired) electrons. The predicted octanol–water partition coefficient (Wildman–Crippen LogP) is 3.14. The topological polar surface area (TPSA) is 58.1 Å². The van der Waals surface area contributed by atoms with Crippen molar-refractivity contribution in [2.45, 2.75) is 25.8 Å². The normalized spacial score (nSPS) is 16.9. The van der Waals surface area contributed by atoms with Crippen molar-refractivity contribution in [3.8, 4) is 11.5 Å². The molecule has 3 rings (SSSR count). The molecule has 1 aliphatic rings. The number of hydrogen-bond acceptors (Lipinski definition) is 5. The Morgan fingerprint density at radius 1 is 1.25 bits per heavy atom. The fourth-order valence-corrected chi connectivity index (χ4v) is 4.03. The van der Waals surface area contributed by atoms with Crippen molar-refractivity contribution in [2.75, 3.05) is 45.3 Å². The van der Waals surface area contributed by atoms with Gasteiger partial charge >= 0.3 is 0 Å². The van der Waals surface area contributed by atoms with Crippen LogP contribution in [0.4, 0.5) is 5.69 Å². The van der Waals surface area contributed by atoms with E-state index >= 15 is 0 Å². The molecule has 1 unspecified atom stereocenters. The highest BCUT2D eigenvalue weighted by atomic mass is 32.1. The van der Waals surface area contributed by atoms with Crippen molar-refractivity contribution < 1.29 is 9.47 Å². The average Bonchev–Trinajstić information content (AvgIpc) is 3.40. The standard InChI is InChI=1S/C21H30N4O2S/c1-4-22-21(23-9-7-20-6-5-11-28-20)24-16-8-10-25(15-16)17-12-18(26-2)14-19(13-17)27-3/h5-6,11-14,16H,4,7-10,15H2,1-3H3,(H2,22,23,24). The van der Waals surface area contributed by atoms with E-state index in [0.29, 0.717) is 6.04 Å². The predicted molar refractivity (Wildman–Crippen MR) is 117 cm³/mol. The van der Waals surface area contributed by atoms with Crippen molar-refractivity contribution in [2.24, 2.45) is 4.99 Å². The molecule has 7 heteroatoms. The minimum absolute atomic E-state index is 0.358. The first-order valence-corrected chi connectivity index (χ1v) is 10.6. The Kier molecular flexibility index (Phi) is 7.42. The van der Waals surface area contributed by atoms with Gasteiger partial charge in [0.05, 0.1) is 14.2 Å². The number of rotatable bonds is 8. The molecule has 0 bridgehead atoms. The molecule has 1 atom stereocenters. The van der Waals surface area contributed by atoms with Crippen LogP contribution >= 0.6 is 11.3 Å². The van der Waals surface area contributed by atoms with Gasteiger partial charge in [0.15, 0.2) is 5.96 Å². The maximum Gasteiger partial charge on any atom is 0.191 e. The molecule has 1 aromatic carbocycles. The summed E-state index contributed by atoms with van der Waals surface area (Å²) in [7, 11) is 3.37. The van der Waals surface area contributed by atoms with Crippen LogP contribution in [0, 0.1) is 0 Å². The number of aliphatic imine (C=N–C) groups is 1. The van der Waals surface area contributed by atoms with Gasteiger partial charge in [0, 0.05) is 67.4 Å². The lowest BCUT2D eigenvalue weighted by Crippen LogP contribution is -2.44. The van der Waals surface area contributed by atoms with Crippen LogP contribution in [0.2, 0.25) is 0 Å². The molecule has 2 aromatic rings. The van der Waals surface area contributed by atoms with Gasteiger partial charge in [0.2, 0.25) is 0 Å². The Balaban J connectivity index is 1.58. The van der Waals surface area contributed by atoms with Crippen LogP contribution in [0.25, 0.3) is 0 Å². The lowest BCUT2D eigenvalue weighted by molar-refractivity contribution is 0.394. The van der Waals surface area contributed by atoms with E-state index in [2.05, 4.69) is 52.1 Å². The minimum atomic E-state index is 0.358. The highest BCUT2D eigenvalue weighted by molar-refractivity contribution is 7.09. The number of nitrogens with zero attached hydrogens (tertiary/aromatic N) is 2. The van der Waals surface area contributed by atoms with Crippen LogP contribution in [0.1, 0.15) is 18.2 Å². The molecule has 1 aliphatic heterocycles. The quantitative estimate of drug-likeness (QED) is 0.525. The fourth-order valence-electron chi connectivity index (χ4n) is 3.33. The second-order valence-electron chi connectivity index (χ2n) is 6.74. The monoisotopic (exact) mass is 402 g/mol. The van der Waals surface area contributed by atoms with Crippen molar-refractivity contribution in [1.82, 2.24) is 10.6 Å². The van der Waals surface area contributed by atoms with Gasteiger partial charge in [-0.1, -0.05) is 6.07 Å². The summed E-state index contributed by atoms with van der Waals surface area (Å²) in [6, 6.07) is 10.6. The number of anilines is 1. The molecule has 0 saturated carbocycles. The number of methoxy groups -OCH3 is 2. The maximum absolute atomic E-state index is 5.40. The highest BCUT2D eigenvalue weighted by Crippen LogP contribution is 2.30. The first-order chi connectivity index (χ1) is 13.7. The third kappa shape index (κ3) is 5.55. The molecule has 1 saturated heterocycles. The number of thiophene rings is 1. The molecule has 1 fully saturated rings. The number of guanidine groups is 1. The van der Waals surface area contributed by atoms with Gasteiger partial charge < -0.3 is 25.0 Å². The molecular weight excluding hydrogens is 372 g/mol. The van der Waals surface area contributed by atoms with Crippen molar-refractivity contribution in [3.05, 3.63) is 40.6 Å². The van der Waals surface area contributed by atoms with E-state index in [1.807, 2.05) is 6.07 Å². The number of ether oxygens (including phenoxy) is 2. The van der Waals surface area contributed by atoms with E-state index in [1.165, 1.54) is 4.88 Å². The van der Waals surface area contributed by atoms with Crippen molar-refractivity contribution in [1.29, 1.82) is 0 Å². The molecule has 6 nitrogen and oxygen atoms in total. The largest absolute Gasteiger partial charge is 0.497 e. The van der Waals surface area contributed by atoms with Gasteiger partial charge in [-0.2, -0.15) is 0 Å². The molecule has 152 valence electrons. The van der Waals surface area contributed by atoms with E-state index in [4.69, 9.17) is 14.5 Å². The summed E-state index contributed by atoms with van der Waals surface area (Å²) in [5.41, 5.74) is 1.13. The smallest absolute Gasteiger partial charge is 0.191 e. The molecule has 1 aromatic heterocycles. The molecule has 0 amide bonds. The van der Waals surface area contributed by atoms with Gasteiger partial charge in [0.1, 0.15) is 11.5 Å². The Hall–Kier alpha value is -2.41. The summed E-state index contributed by atoms with van der Waals surface area (Å²) in [5.74, 6) is 2.53. The minimum Gasteiger partial charge on any atom is -0.497 e. The van der Waals surface area contributed by atoms with Crippen LogP contribution in [0.5, 0.6) is 11.5 Å². The molecular formula is C21H30N4O2S. The number of benzene rings is 1. The third-order valence-corrected chi connectivity index (χ3v) is 5.72. The fraction of sp³-hybridized carbons (Fsp3) is 0.476. The van der Waals surface area contributed by atoms with Crippen molar-refractivity contribution in [3.63, 3.8) is 0 Å². The highest BCUT2D eigenvalue weighted by Gasteiger charge is 2.24. The van der Waals surface area contributed by atoms with Crippen molar-refractivity contribution >= 4 is 23.0 Å². The first-order valence-electron chi connectivity index (χ1n) is 9.77. The van der Waals surface area contributed by atoms with Crippen LogP contribution in [0.15, 0.2) is 40.7 Å².